The first-order valence-corrected chi connectivity index (χ1v) is 9.39. The van der Waals surface area contributed by atoms with Crippen LogP contribution in [0.5, 0.6) is 0 Å². The monoisotopic (exact) mass is 360 g/mol. The van der Waals surface area contributed by atoms with E-state index in [1.54, 1.807) is 0 Å². The topological polar surface area (TPSA) is 29.3 Å². The summed E-state index contributed by atoms with van der Waals surface area (Å²) in [4.78, 5) is 2.58. The summed E-state index contributed by atoms with van der Waals surface area (Å²) in [6.07, 6.45) is 2.46. The summed E-state index contributed by atoms with van der Waals surface area (Å²) < 4.78 is 0. The van der Waals surface area contributed by atoms with Gasteiger partial charge in [-0.1, -0.05) is 47.5 Å². The summed E-state index contributed by atoms with van der Waals surface area (Å²) in [6.45, 7) is 2.31. The van der Waals surface area contributed by atoms with E-state index in [1.165, 1.54) is 24.0 Å². The minimum atomic E-state index is 0.212. The SMILES string of the molecule is N[C@H]1C2CCN(CC2)[C@@H]1C(c1ccc(Cl)cc1)c1ccc(Cl)cc1. The maximum atomic E-state index is 6.71. The highest BCUT2D eigenvalue weighted by atomic mass is 35.5. The Bertz CT molecular complexity index is 643. The number of rotatable bonds is 3. The molecule has 2 N–H and O–H groups in total. The van der Waals surface area contributed by atoms with Crippen molar-refractivity contribution < 1.29 is 0 Å². The molecule has 126 valence electrons. The van der Waals surface area contributed by atoms with Gasteiger partial charge in [0, 0.05) is 28.0 Å². The molecule has 2 nitrogen and oxygen atoms in total. The minimum Gasteiger partial charge on any atom is -0.326 e. The van der Waals surface area contributed by atoms with E-state index in [-0.39, 0.29) is 12.0 Å². The summed E-state index contributed by atoms with van der Waals surface area (Å²) in [5.41, 5.74) is 9.25. The van der Waals surface area contributed by atoms with Crippen molar-refractivity contribution in [3.8, 4) is 0 Å². The van der Waals surface area contributed by atoms with Crippen LogP contribution in [0, 0.1) is 5.92 Å². The molecule has 2 bridgehead atoms. The fraction of sp³-hybridized carbons (Fsp3) is 0.400. The van der Waals surface area contributed by atoms with Gasteiger partial charge in [0.1, 0.15) is 0 Å². The Morgan fingerprint density at radius 3 is 1.71 bits per heavy atom. The normalized spacial score (nSPS) is 29.2. The molecule has 4 heteroatoms. The van der Waals surface area contributed by atoms with Crippen molar-refractivity contribution in [2.75, 3.05) is 13.1 Å². The van der Waals surface area contributed by atoms with Crippen molar-refractivity contribution in [1.29, 1.82) is 0 Å². The lowest BCUT2D eigenvalue weighted by Gasteiger charge is -2.52. The average Bonchev–Trinajstić information content (AvgIpc) is 2.61. The molecule has 0 aromatic heterocycles. The van der Waals surface area contributed by atoms with Crippen LogP contribution < -0.4 is 5.73 Å². The van der Waals surface area contributed by atoms with Gasteiger partial charge in [0.05, 0.1) is 0 Å². The molecule has 3 aliphatic rings. The van der Waals surface area contributed by atoms with Crippen LogP contribution in [0.15, 0.2) is 48.5 Å². The van der Waals surface area contributed by atoms with E-state index in [0.29, 0.717) is 12.0 Å². The van der Waals surface area contributed by atoms with Gasteiger partial charge in [-0.3, -0.25) is 4.90 Å². The molecule has 2 aromatic rings. The van der Waals surface area contributed by atoms with Gasteiger partial charge >= 0.3 is 0 Å². The van der Waals surface area contributed by atoms with Crippen LogP contribution in [-0.4, -0.2) is 30.1 Å². The lowest BCUT2D eigenvalue weighted by molar-refractivity contribution is 0.0204. The lowest BCUT2D eigenvalue weighted by Crippen LogP contribution is -2.63. The zero-order valence-corrected chi connectivity index (χ0v) is 15.0. The Labute approximate surface area is 153 Å². The van der Waals surface area contributed by atoms with Crippen molar-refractivity contribution in [3.63, 3.8) is 0 Å². The van der Waals surface area contributed by atoms with Gasteiger partial charge in [0.25, 0.3) is 0 Å². The number of piperidine rings is 3. The summed E-state index contributed by atoms with van der Waals surface area (Å²) in [6, 6.07) is 17.0. The lowest BCUT2D eigenvalue weighted by atomic mass is 9.71. The Morgan fingerprint density at radius 1 is 0.833 bits per heavy atom. The molecule has 3 saturated heterocycles. The first kappa shape index (κ1) is 16.4. The van der Waals surface area contributed by atoms with Gasteiger partial charge in [-0.2, -0.15) is 0 Å². The Morgan fingerprint density at radius 2 is 1.29 bits per heavy atom. The van der Waals surface area contributed by atoms with Crippen LogP contribution in [0.25, 0.3) is 0 Å². The fourth-order valence-corrected chi connectivity index (χ4v) is 4.74. The maximum Gasteiger partial charge on any atom is 0.0406 e. The molecule has 24 heavy (non-hydrogen) atoms. The molecule has 2 aromatic carbocycles. The molecule has 0 unspecified atom stereocenters. The summed E-state index contributed by atoms with van der Waals surface area (Å²) >= 11 is 12.2. The van der Waals surface area contributed by atoms with Gasteiger partial charge in [-0.05, 0) is 67.2 Å². The van der Waals surface area contributed by atoms with Crippen LogP contribution >= 0.6 is 23.2 Å². The quantitative estimate of drug-likeness (QED) is 0.869. The van der Waals surface area contributed by atoms with Crippen molar-refractivity contribution in [3.05, 3.63) is 69.7 Å². The van der Waals surface area contributed by atoms with E-state index in [2.05, 4.69) is 29.2 Å². The highest BCUT2D eigenvalue weighted by Gasteiger charge is 2.44. The largest absolute Gasteiger partial charge is 0.326 e. The molecule has 0 amide bonds. The molecule has 2 atom stereocenters. The molecule has 3 fully saturated rings. The van der Waals surface area contributed by atoms with Crippen LogP contribution in [0.3, 0.4) is 0 Å². The van der Waals surface area contributed by atoms with Crippen LogP contribution in [-0.2, 0) is 0 Å². The zero-order valence-electron chi connectivity index (χ0n) is 13.5. The van der Waals surface area contributed by atoms with Crippen LogP contribution in [0.4, 0.5) is 0 Å². The molecule has 0 spiro atoms. The van der Waals surface area contributed by atoms with Crippen molar-refractivity contribution in [1.82, 2.24) is 4.90 Å². The van der Waals surface area contributed by atoms with E-state index in [9.17, 15) is 0 Å². The number of benzene rings is 2. The number of hydrogen-bond acceptors (Lipinski definition) is 2. The molecular weight excluding hydrogens is 339 g/mol. The second-order valence-electron chi connectivity index (χ2n) is 7.02. The van der Waals surface area contributed by atoms with E-state index in [4.69, 9.17) is 28.9 Å². The first-order chi connectivity index (χ1) is 11.6. The average molecular weight is 361 g/mol. The Kier molecular flexibility index (Phi) is 4.57. The van der Waals surface area contributed by atoms with Gasteiger partial charge in [-0.25, -0.2) is 0 Å². The first-order valence-electron chi connectivity index (χ1n) is 8.64. The molecule has 0 saturated carbocycles. The molecule has 3 aliphatic heterocycles. The van der Waals surface area contributed by atoms with Crippen LogP contribution in [0.2, 0.25) is 10.0 Å². The second kappa shape index (κ2) is 6.68. The fourth-order valence-electron chi connectivity index (χ4n) is 4.48. The standard InChI is InChI=1S/C20H22Cl2N2/c21-16-5-1-13(2-6-16)18(14-3-7-17(22)8-4-14)20-19(23)15-9-11-24(20)12-10-15/h1-8,15,18-20H,9-12,23H2/t19-,20+/m0/s1. The Balaban J connectivity index is 1.78. The van der Waals surface area contributed by atoms with E-state index in [0.717, 1.165) is 23.1 Å². The molecule has 0 radical (unpaired) electrons. The molecular formula is C20H22Cl2N2. The molecule has 0 aliphatic carbocycles. The highest BCUT2D eigenvalue weighted by Crippen LogP contribution is 2.41. The maximum absolute atomic E-state index is 6.71. The van der Waals surface area contributed by atoms with Gasteiger partial charge in [0.15, 0.2) is 0 Å². The third-order valence-electron chi connectivity index (χ3n) is 5.73. The minimum absolute atomic E-state index is 0.212. The number of fused-ring (bicyclic) bond motifs is 3. The third-order valence-corrected chi connectivity index (χ3v) is 6.24. The van der Waals surface area contributed by atoms with Gasteiger partial charge in [-0.15, -0.1) is 0 Å². The highest BCUT2D eigenvalue weighted by molar-refractivity contribution is 6.30. The number of halogens is 2. The van der Waals surface area contributed by atoms with Crippen molar-refractivity contribution in [2.24, 2.45) is 11.7 Å². The van der Waals surface area contributed by atoms with Crippen molar-refractivity contribution >= 4 is 23.2 Å². The second-order valence-corrected chi connectivity index (χ2v) is 7.89. The van der Waals surface area contributed by atoms with Gasteiger partial charge < -0.3 is 5.73 Å². The van der Waals surface area contributed by atoms with Gasteiger partial charge in [0.2, 0.25) is 0 Å². The summed E-state index contributed by atoms with van der Waals surface area (Å²) in [7, 11) is 0. The van der Waals surface area contributed by atoms with E-state index >= 15 is 0 Å². The van der Waals surface area contributed by atoms with Crippen LogP contribution in [0.1, 0.15) is 29.9 Å². The number of hydrogen-bond donors (Lipinski definition) is 1. The predicted octanol–water partition coefficient (Wildman–Crippen LogP) is 4.55. The molecule has 5 rings (SSSR count). The van der Waals surface area contributed by atoms with E-state index in [1.807, 2.05) is 24.3 Å². The smallest absolute Gasteiger partial charge is 0.0406 e. The summed E-state index contributed by atoms with van der Waals surface area (Å²) in [5.74, 6) is 0.889. The predicted molar refractivity (Wildman–Crippen MR) is 101 cm³/mol. The number of nitrogens with two attached hydrogens (primary N) is 1. The summed E-state index contributed by atoms with van der Waals surface area (Å²) in [5, 5.41) is 1.53. The Hall–Kier alpha value is -1.06. The number of nitrogens with zero attached hydrogens (tertiary/aromatic N) is 1. The van der Waals surface area contributed by atoms with Crippen molar-refractivity contribution in [2.45, 2.75) is 30.8 Å². The molecule has 3 heterocycles. The zero-order chi connectivity index (χ0) is 16.7. The van der Waals surface area contributed by atoms with E-state index < -0.39 is 0 Å². The third kappa shape index (κ3) is 2.97.